The van der Waals surface area contributed by atoms with Gasteiger partial charge in [0.25, 0.3) is 0 Å². The molecule has 0 atom stereocenters. The number of hydrogen-bond donors (Lipinski definition) is 3. The number of carboxylic acid groups (broad SMARTS) is 1. The molecule has 2 aromatic rings. The van der Waals surface area contributed by atoms with E-state index in [0.29, 0.717) is 11.5 Å². The second-order valence-electron chi connectivity index (χ2n) is 5.10. The van der Waals surface area contributed by atoms with Crippen LogP contribution in [0.3, 0.4) is 0 Å². The fourth-order valence-corrected chi connectivity index (χ4v) is 2.63. The fourth-order valence-electron chi connectivity index (χ4n) is 1.90. The summed E-state index contributed by atoms with van der Waals surface area (Å²) in [5.74, 6) is -2.98. The highest BCUT2D eigenvalue weighted by Crippen LogP contribution is 2.31. The number of ether oxygens (including phenoxy) is 1. The van der Waals surface area contributed by atoms with Crippen molar-refractivity contribution in [3.8, 4) is 5.88 Å². The van der Waals surface area contributed by atoms with Crippen LogP contribution in [0.1, 0.15) is 21.5 Å². The highest BCUT2D eigenvalue weighted by Gasteiger charge is 2.23. The summed E-state index contributed by atoms with van der Waals surface area (Å²) in [7, 11) is 0. The zero-order chi connectivity index (χ0) is 19.3. The molecule has 0 saturated carbocycles. The van der Waals surface area contributed by atoms with E-state index in [-0.39, 0.29) is 34.1 Å². The molecule has 0 fully saturated rings. The predicted octanol–water partition coefficient (Wildman–Crippen LogP) is 3.31. The zero-order valence-electron chi connectivity index (χ0n) is 13.6. The van der Waals surface area contributed by atoms with Crippen LogP contribution in [0.15, 0.2) is 24.8 Å². The molecular weight excluding hydrogens is 368 g/mol. The minimum Gasteiger partial charge on any atom is -0.477 e. The maximum Gasteiger partial charge on any atom is 0.344 e. The largest absolute Gasteiger partial charge is 0.477 e. The van der Waals surface area contributed by atoms with Gasteiger partial charge < -0.3 is 15.2 Å². The Morgan fingerprint density at radius 2 is 2.12 bits per heavy atom. The molecule has 26 heavy (non-hydrogen) atoms. The molecule has 0 bridgehead atoms. The number of aryl methyl sites for hydroxylation is 1. The molecule has 0 radical (unpaired) electrons. The van der Waals surface area contributed by atoms with Crippen molar-refractivity contribution in [2.45, 2.75) is 13.5 Å². The van der Waals surface area contributed by atoms with Crippen molar-refractivity contribution in [1.29, 1.82) is 0 Å². The zero-order valence-corrected chi connectivity index (χ0v) is 14.5. The van der Waals surface area contributed by atoms with Crippen LogP contribution in [0.4, 0.5) is 18.6 Å². The maximum absolute atomic E-state index is 13.8. The molecule has 0 saturated heterocycles. The smallest absolute Gasteiger partial charge is 0.344 e. The molecule has 0 aliphatic carbocycles. The average Bonchev–Trinajstić information content (AvgIpc) is 2.97. The number of nitrogens with one attached hydrogen (secondary N) is 2. The third kappa shape index (κ3) is 4.54. The van der Waals surface area contributed by atoms with Crippen molar-refractivity contribution < 1.29 is 28.2 Å². The van der Waals surface area contributed by atoms with Gasteiger partial charge in [0, 0.05) is 12.1 Å². The summed E-state index contributed by atoms with van der Waals surface area (Å²) < 4.78 is 36.4. The normalized spacial score (nSPS) is 10.3. The minimum atomic E-state index is -1.39. The first-order valence-electron chi connectivity index (χ1n) is 7.29. The summed E-state index contributed by atoms with van der Waals surface area (Å²) in [6, 6.07) is 1.35. The number of rotatable bonds is 7. The van der Waals surface area contributed by atoms with Gasteiger partial charge in [-0.2, -0.15) is 4.37 Å². The Hall–Kier alpha value is -3.01. The number of hydrogen-bond acceptors (Lipinski definition) is 5. The van der Waals surface area contributed by atoms with E-state index < -0.39 is 30.2 Å². The summed E-state index contributed by atoms with van der Waals surface area (Å²) >= 11 is 0.690. The molecule has 7 nitrogen and oxygen atoms in total. The number of carbonyl (C=O) groups excluding carboxylic acids is 1. The Balaban J connectivity index is 2.17. The van der Waals surface area contributed by atoms with E-state index in [1.807, 2.05) is 0 Å². The number of anilines is 1. The Morgan fingerprint density at radius 1 is 1.38 bits per heavy atom. The van der Waals surface area contributed by atoms with E-state index in [1.165, 1.54) is 13.0 Å². The molecule has 0 unspecified atom stereocenters. The van der Waals surface area contributed by atoms with Crippen LogP contribution in [-0.4, -0.2) is 28.0 Å². The quantitative estimate of drug-likeness (QED) is 0.637. The highest BCUT2D eigenvalue weighted by molar-refractivity contribution is 7.11. The van der Waals surface area contributed by atoms with Gasteiger partial charge in [-0.15, -0.1) is 6.58 Å². The molecule has 2 rings (SSSR count). The van der Waals surface area contributed by atoms with Crippen molar-refractivity contribution >= 4 is 28.5 Å². The number of amides is 2. The second-order valence-corrected chi connectivity index (χ2v) is 5.88. The van der Waals surface area contributed by atoms with Crippen LogP contribution in [0.25, 0.3) is 0 Å². The van der Waals surface area contributed by atoms with Crippen molar-refractivity contribution in [1.82, 2.24) is 9.69 Å². The van der Waals surface area contributed by atoms with Crippen LogP contribution in [0.2, 0.25) is 0 Å². The minimum absolute atomic E-state index is 0.0513. The van der Waals surface area contributed by atoms with Gasteiger partial charge in [0.05, 0.1) is 0 Å². The van der Waals surface area contributed by atoms with E-state index in [0.717, 1.165) is 12.1 Å². The molecule has 1 aromatic carbocycles. The summed E-state index contributed by atoms with van der Waals surface area (Å²) in [6.45, 7) is 4.62. The van der Waals surface area contributed by atoms with Gasteiger partial charge >= 0.3 is 12.0 Å². The lowest BCUT2D eigenvalue weighted by molar-refractivity contribution is 0.0693. The maximum atomic E-state index is 13.8. The molecule has 0 aliphatic heterocycles. The summed E-state index contributed by atoms with van der Waals surface area (Å²) in [6.07, 6.45) is 1.45. The van der Waals surface area contributed by atoms with Crippen molar-refractivity contribution in [3.05, 3.63) is 53.1 Å². The number of halogens is 2. The Bertz CT molecular complexity index is 854. The summed E-state index contributed by atoms with van der Waals surface area (Å²) in [4.78, 5) is 23.1. The standard InChI is InChI=1S/C16H15F2N3O4S/c1-3-4-19-16(24)20-14-12(15(22)23)13(21-26-14)25-7-9-6-10(17)8(2)5-11(9)18/h3,5-6H,1,4,7H2,2H3,(H,22,23)(H2,19,20,24). The van der Waals surface area contributed by atoms with E-state index in [2.05, 4.69) is 21.6 Å². The van der Waals surface area contributed by atoms with E-state index in [9.17, 15) is 23.5 Å². The first-order valence-corrected chi connectivity index (χ1v) is 8.06. The molecule has 0 spiro atoms. The Kier molecular flexibility index (Phi) is 6.23. The monoisotopic (exact) mass is 383 g/mol. The van der Waals surface area contributed by atoms with Gasteiger partial charge in [-0.05, 0) is 36.2 Å². The van der Waals surface area contributed by atoms with Crippen molar-refractivity contribution in [2.75, 3.05) is 11.9 Å². The van der Waals surface area contributed by atoms with Gasteiger partial charge in [0.15, 0.2) is 5.56 Å². The van der Waals surface area contributed by atoms with Gasteiger partial charge in [-0.1, -0.05) is 6.08 Å². The number of carbonyl (C=O) groups is 2. The lowest BCUT2D eigenvalue weighted by atomic mass is 10.1. The fraction of sp³-hybridized carbons (Fsp3) is 0.188. The number of urea groups is 1. The average molecular weight is 383 g/mol. The Morgan fingerprint density at radius 3 is 2.77 bits per heavy atom. The topological polar surface area (TPSA) is 101 Å². The van der Waals surface area contributed by atoms with Gasteiger partial charge in [0.1, 0.15) is 23.2 Å². The number of nitrogens with zero attached hydrogens (tertiary/aromatic N) is 1. The van der Waals surface area contributed by atoms with Gasteiger partial charge in [-0.3, -0.25) is 5.32 Å². The third-order valence-corrected chi connectivity index (χ3v) is 3.95. The summed E-state index contributed by atoms with van der Waals surface area (Å²) in [5, 5.41) is 14.0. The number of aromatic carboxylic acids is 1. The molecule has 2 amide bonds. The van der Waals surface area contributed by atoms with Crippen molar-refractivity contribution in [3.63, 3.8) is 0 Å². The molecule has 10 heteroatoms. The molecular formula is C16H15F2N3O4S. The van der Waals surface area contributed by atoms with Gasteiger partial charge in [-0.25, -0.2) is 18.4 Å². The second kappa shape index (κ2) is 8.39. The predicted molar refractivity (Wildman–Crippen MR) is 91.7 cm³/mol. The van der Waals surface area contributed by atoms with E-state index >= 15 is 0 Å². The van der Waals surface area contributed by atoms with E-state index in [1.54, 1.807) is 0 Å². The third-order valence-electron chi connectivity index (χ3n) is 3.20. The van der Waals surface area contributed by atoms with Crippen LogP contribution in [-0.2, 0) is 6.61 Å². The molecule has 3 N–H and O–H groups in total. The number of aromatic nitrogens is 1. The van der Waals surface area contributed by atoms with E-state index in [4.69, 9.17) is 4.74 Å². The molecule has 0 aliphatic rings. The summed E-state index contributed by atoms with van der Waals surface area (Å²) in [5.41, 5.74) is -0.324. The van der Waals surface area contributed by atoms with Gasteiger partial charge in [0.2, 0.25) is 5.88 Å². The highest BCUT2D eigenvalue weighted by atomic mass is 32.1. The first-order chi connectivity index (χ1) is 12.3. The lowest BCUT2D eigenvalue weighted by Gasteiger charge is -2.08. The number of benzene rings is 1. The van der Waals surface area contributed by atoms with Crippen LogP contribution < -0.4 is 15.4 Å². The molecule has 1 heterocycles. The molecule has 1 aromatic heterocycles. The lowest BCUT2D eigenvalue weighted by Crippen LogP contribution is -2.28. The van der Waals surface area contributed by atoms with Crippen molar-refractivity contribution in [2.24, 2.45) is 0 Å². The molecule has 138 valence electrons. The van der Waals surface area contributed by atoms with Crippen LogP contribution >= 0.6 is 11.5 Å². The number of carboxylic acids is 1. The Labute approximate surface area is 151 Å². The first kappa shape index (κ1) is 19.3. The van der Waals surface area contributed by atoms with Crippen LogP contribution in [0, 0.1) is 18.6 Å². The SMILES string of the molecule is C=CCNC(=O)Nc1snc(OCc2cc(F)c(C)cc2F)c1C(=O)O. The van der Waals surface area contributed by atoms with Crippen LogP contribution in [0.5, 0.6) is 5.88 Å².